The van der Waals surface area contributed by atoms with Crippen molar-refractivity contribution in [3.05, 3.63) is 12.2 Å². The Morgan fingerprint density at radius 2 is 1.12 bits per heavy atom. The van der Waals surface area contributed by atoms with Crippen molar-refractivity contribution in [1.29, 1.82) is 0 Å². The molecule has 0 amide bonds. The van der Waals surface area contributed by atoms with E-state index in [-0.39, 0.29) is 19.6 Å². The maximum absolute atomic E-state index is 12.8. The fourth-order valence-corrected chi connectivity index (χ4v) is 7.47. The van der Waals surface area contributed by atoms with Crippen molar-refractivity contribution in [3.63, 3.8) is 0 Å². The molecule has 1 rings (SSSR count). The van der Waals surface area contributed by atoms with Gasteiger partial charge in [0.05, 0.1) is 19.8 Å². The second-order valence-electron chi connectivity index (χ2n) is 15.6. The first-order chi connectivity index (χ1) is 27.1. The summed E-state index contributed by atoms with van der Waals surface area (Å²) in [6.45, 7) is 3.99. The van der Waals surface area contributed by atoms with E-state index >= 15 is 0 Å². The Hall–Kier alpha value is -1.16. The van der Waals surface area contributed by atoms with Crippen LogP contribution in [-0.2, 0) is 38.3 Å². The van der Waals surface area contributed by atoms with Crippen molar-refractivity contribution in [3.8, 4) is 0 Å². The van der Waals surface area contributed by atoms with E-state index in [0.717, 1.165) is 57.8 Å². The number of aliphatic hydroxyl groups is 3. The van der Waals surface area contributed by atoms with Gasteiger partial charge in [0.25, 0.3) is 0 Å². The SMILES string of the molecule is CCCCCCC/C=C\CCCCCCCC(=O)OC(COCCCCCCCCCCCCCCCCC)COC1OC(CO)C(O)C(OS(=O)(=O)O)C1O. The minimum absolute atomic E-state index is 0.0381. The van der Waals surface area contributed by atoms with Gasteiger partial charge >= 0.3 is 16.4 Å². The van der Waals surface area contributed by atoms with E-state index in [1.54, 1.807) is 0 Å². The van der Waals surface area contributed by atoms with Gasteiger partial charge in [-0.15, -0.1) is 0 Å². The Balaban J connectivity index is 2.44. The van der Waals surface area contributed by atoms with Crippen LogP contribution in [0.4, 0.5) is 0 Å². The molecule has 0 aromatic rings. The normalized spacial score (nSPS) is 20.9. The van der Waals surface area contributed by atoms with Crippen LogP contribution in [0.1, 0.15) is 194 Å². The van der Waals surface area contributed by atoms with Crippen LogP contribution in [0.15, 0.2) is 12.2 Å². The van der Waals surface area contributed by atoms with Gasteiger partial charge in [-0.25, -0.2) is 4.18 Å². The van der Waals surface area contributed by atoms with Crippen LogP contribution in [0, 0.1) is 0 Å². The Bertz CT molecular complexity index is 1040. The van der Waals surface area contributed by atoms with E-state index in [0.29, 0.717) is 13.0 Å². The molecule has 0 radical (unpaired) electrons. The topological polar surface area (TPSA) is 178 Å². The highest BCUT2D eigenvalue weighted by Gasteiger charge is 2.48. The van der Waals surface area contributed by atoms with Crippen molar-refractivity contribution < 1.29 is 56.2 Å². The molecule has 6 atom stereocenters. The fourth-order valence-electron chi connectivity index (χ4n) is 6.96. The van der Waals surface area contributed by atoms with Crippen molar-refractivity contribution in [2.75, 3.05) is 26.4 Å². The molecule has 1 fully saturated rings. The van der Waals surface area contributed by atoms with Gasteiger partial charge in [-0.05, 0) is 38.5 Å². The van der Waals surface area contributed by atoms with Gasteiger partial charge in [-0.3, -0.25) is 9.35 Å². The summed E-state index contributed by atoms with van der Waals surface area (Å²) in [5.41, 5.74) is 0. The third-order valence-electron chi connectivity index (χ3n) is 10.4. The monoisotopic (exact) mass is 823 g/mol. The van der Waals surface area contributed by atoms with Gasteiger partial charge in [0.2, 0.25) is 0 Å². The number of hydrogen-bond acceptors (Lipinski definition) is 11. The molecule has 0 saturated carbocycles. The Labute approximate surface area is 340 Å². The van der Waals surface area contributed by atoms with E-state index in [9.17, 15) is 28.5 Å². The molecule has 13 heteroatoms. The highest BCUT2D eigenvalue weighted by atomic mass is 32.3. The first kappa shape index (κ1) is 52.9. The second-order valence-corrected chi connectivity index (χ2v) is 16.7. The summed E-state index contributed by atoms with van der Waals surface area (Å²) in [7, 11) is -5.06. The van der Waals surface area contributed by atoms with Gasteiger partial charge in [-0.1, -0.05) is 161 Å². The zero-order chi connectivity index (χ0) is 41.1. The van der Waals surface area contributed by atoms with E-state index in [1.807, 2.05) is 0 Å². The lowest BCUT2D eigenvalue weighted by molar-refractivity contribution is -0.301. The van der Waals surface area contributed by atoms with Crippen LogP contribution in [0.3, 0.4) is 0 Å². The van der Waals surface area contributed by atoms with Crippen LogP contribution in [0.2, 0.25) is 0 Å². The molecule has 332 valence electrons. The molecule has 0 aromatic heterocycles. The molecule has 1 aliphatic heterocycles. The maximum atomic E-state index is 12.8. The van der Waals surface area contributed by atoms with Crippen LogP contribution in [0.25, 0.3) is 0 Å². The molecule has 12 nitrogen and oxygen atoms in total. The van der Waals surface area contributed by atoms with Crippen molar-refractivity contribution in [2.24, 2.45) is 0 Å². The fraction of sp³-hybridized carbons (Fsp3) is 0.930. The van der Waals surface area contributed by atoms with Crippen LogP contribution < -0.4 is 0 Å². The van der Waals surface area contributed by atoms with E-state index in [1.165, 1.54) is 109 Å². The molecule has 1 saturated heterocycles. The molecule has 1 heterocycles. The third kappa shape index (κ3) is 29.1. The lowest BCUT2D eigenvalue weighted by Crippen LogP contribution is -2.60. The number of carbonyl (C=O) groups excluding carboxylic acids is 1. The first-order valence-corrected chi connectivity index (χ1v) is 23.8. The van der Waals surface area contributed by atoms with E-state index in [4.69, 9.17) is 23.5 Å². The quantitative estimate of drug-likeness (QED) is 0.0200. The molecule has 0 bridgehead atoms. The lowest BCUT2D eigenvalue weighted by Gasteiger charge is -2.41. The zero-order valence-corrected chi connectivity index (χ0v) is 36.0. The number of carbonyl (C=O) groups is 1. The lowest BCUT2D eigenvalue weighted by atomic mass is 9.99. The predicted octanol–water partition coefficient (Wildman–Crippen LogP) is 9.08. The van der Waals surface area contributed by atoms with Gasteiger partial charge < -0.3 is 34.3 Å². The summed E-state index contributed by atoms with van der Waals surface area (Å²) < 4.78 is 59.0. The van der Waals surface area contributed by atoms with Gasteiger partial charge in [0, 0.05) is 13.0 Å². The molecule has 4 N–H and O–H groups in total. The summed E-state index contributed by atoms with van der Waals surface area (Å²) in [5.74, 6) is -0.405. The standard InChI is InChI=1S/C43H82O12S/c1-3-5-7-9-11-13-15-17-19-21-23-25-27-29-31-33-51-35-37(36-52-43-41(47)42(55-56(48,49)50)40(46)38(34-44)54-43)53-39(45)32-30-28-26-24-22-20-18-16-14-12-10-8-6-4-2/h16,18,37-38,40-44,46-47H,3-15,17,19-36H2,1-2H3,(H,48,49,50)/b18-16-. The Morgan fingerprint density at radius 3 is 1.61 bits per heavy atom. The molecule has 56 heavy (non-hydrogen) atoms. The summed E-state index contributed by atoms with van der Waals surface area (Å²) in [6.07, 6.45) is 28.1. The second kappa shape index (κ2) is 35.8. The van der Waals surface area contributed by atoms with Gasteiger partial charge in [0.15, 0.2) is 6.29 Å². The predicted molar refractivity (Wildman–Crippen MR) is 221 cm³/mol. The highest BCUT2D eigenvalue weighted by molar-refractivity contribution is 7.80. The van der Waals surface area contributed by atoms with Gasteiger partial charge in [-0.2, -0.15) is 8.42 Å². The third-order valence-corrected chi connectivity index (χ3v) is 10.9. The smallest absolute Gasteiger partial charge is 0.397 e. The Morgan fingerprint density at radius 1 is 0.661 bits per heavy atom. The van der Waals surface area contributed by atoms with Crippen LogP contribution >= 0.6 is 0 Å². The average Bonchev–Trinajstić information content (AvgIpc) is 3.17. The highest BCUT2D eigenvalue weighted by Crippen LogP contribution is 2.26. The summed E-state index contributed by atoms with van der Waals surface area (Å²) >= 11 is 0. The number of esters is 1. The Kier molecular flexibility index (Phi) is 33.7. The van der Waals surface area contributed by atoms with Crippen molar-refractivity contribution in [2.45, 2.75) is 230 Å². The molecular formula is C43H82O12S. The average molecular weight is 823 g/mol. The van der Waals surface area contributed by atoms with E-state index < -0.39 is 59.8 Å². The minimum Gasteiger partial charge on any atom is -0.457 e. The maximum Gasteiger partial charge on any atom is 0.397 e. The summed E-state index contributed by atoms with van der Waals surface area (Å²) in [5, 5.41) is 30.6. The first-order valence-electron chi connectivity index (χ1n) is 22.4. The largest absolute Gasteiger partial charge is 0.457 e. The number of unbranched alkanes of at least 4 members (excludes halogenated alkanes) is 24. The number of aliphatic hydroxyl groups excluding tert-OH is 3. The number of hydrogen-bond donors (Lipinski definition) is 4. The molecule has 0 aromatic carbocycles. The molecule has 0 spiro atoms. The van der Waals surface area contributed by atoms with Crippen LogP contribution in [0.5, 0.6) is 0 Å². The number of allylic oxidation sites excluding steroid dienone is 2. The van der Waals surface area contributed by atoms with Crippen molar-refractivity contribution in [1.82, 2.24) is 0 Å². The number of ether oxygens (including phenoxy) is 4. The van der Waals surface area contributed by atoms with Gasteiger partial charge in [0.1, 0.15) is 30.5 Å². The minimum atomic E-state index is -5.06. The molecule has 1 aliphatic rings. The van der Waals surface area contributed by atoms with Crippen LogP contribution in [-0.4, -0.2) is 97.5 Å². The number of rotatable bonds is 39. The van der Waals surface area contributed by atoms with E-state index in [2.05, 4.69) is 30.2 Å². The molecule has 0 aliphatic carbocycles. The van der Waals surface area contributed by atoms with Crippen molar-refractivity contribution >= 4 is 16.4 Å². The molecular weight excluding hydrogens is 741 g/mol. The molecule has 6 unspecified atom stereocenters. The summed E-state index contributed by atoms with van der Waals surface area (Å²) in [4.78, 5) is 12.8. The summed E-state index contributed by atoms with van der Waals surface area (Å²) in [6, 6.07) is 0. The zero-order valence-electron chi connectivity index (χ0n) is 35.2.